The molecule has 2 aromatic rings. The van der Waals surface area contributed by atoms with Crippen LogP contribution in [-0.4, -0.2) is 42.0 Å². The highest BCUT2D eigenvalue weighted by Crippen LogP contribution is 2.15. The maximum absolute atomic E-state index is 12.4. The molecular weight excluding hydrogens is 314 g/mol. The molecule has 0 saturated heterocycles. The lowest BCUT2D eigenvalue weighted by Gasteiger charge is -2.17. The third-order valence-corrected chi connectivity index (χ3v) is 4.15. The summed E-state index contributed by atoms with van der Waals surface area (Å²) >= 11 is 5.90. The minimum Gasteiger partial charge on any atom is -0.360 e. The average Bonchev–Trinajstić information content (AvgIpc) is 2.55. The number of H-pyrrole nitrogens is 1. The van der Waals surface area contributed by atoms with Gasteiger partial charge in [-0.3, -0.25) is 9.59 Å². The van der Waals surface area contributed by atoms with Crippen molar-refractivity contribution in [3.05, 3.63) is 45.2 Å². The number of aromatic amines is 1. The van der Waals surface area contributed by atoms with Crippen molar-refractivity contribution in [3.8, 4) is 0 Å². The fourth-order valence-electron chi connectivity index (χ4n) is 2.50. The van der Waals surface area contributed by atoms with E-state index in [2.05, 4.69) is 29.0 Å². The van der Waals surface area contributed by atoms with Gasteiger partial charge in [0, 0.05) is 23.2 Å². The van der Waals surface area contributed by atoms with E-state index in [0.717, 1.165) is 26.1 Å². The Bertz CT molecular complexity index is 738. The van der Waals surface area contributed by atoms with Crippen LogP contribution in [0.25, 0.3) is 10.9 Å². The highest BCUT2D eigenvalue weighted by Gasteiger charge is 2.12. The van der Waals surface area contributed by atoms with Crippen LogP contribution in [0.2, 0.25) is 5.02 Å². The number of pyridine rings is 1. The third-order valence-electron chi connectivity index (χ3n) is 3.92. The molecular formula is C17H22ClN3O2. The molecule has 23 heavy (non-hydrogen) atoms. The zero-order valence-corrected chi connectivity index (χ0v) is 14.2. The van der Waals surface area contributed by atoms with E-state index in [1.54, 1.807) is 18.2 Å². The molecule has 1 heterocycles. The summed E-state index contributed by atoms with van der Waals surface area (Å²) in [5.41, 5.74) is 0.472. The minimum absolute atomic E-state index is 0.127. The molecule has 0 radical (unpaired) electrons. The van der Waals surface area contributed by atoms with E-state index in [4.69, 9.17) is 11.6 Å². The van der Waals surface area contributed by atoms with Gasteiger partial charge in [0.2, 0.25) is 5.43 Å². The van der Waals surface area contributed by atoms with Crippen molar-refractivity contribution in [2.75, 3.05) is 26.2 Å². The highest BCUT2D eigenvalue weighted by molar-refractivity contribution is 6.31. The fourth-order valence-corrected chi connectivity index (χ4v) is 2.67. The zero-order chi connectivity index (χ0) is 16.8. The first-order valence-corrected chi connectivity index (χ1v) is 8.26. The summed E-state index contributed by atoms with van der Waals surface area (Å²) in [5, 5.41) is 3.81. The molecule has 5 nitrogen and oxygen atoms in total. The van der Waals surface area contributed by atoms with Crippen LogP contribution in [0.5, 0.6) is 0 Å². The molecule has 0 spiro atoms. The molecule has 1 aromatic carbocycles. The molecule has 0 aliphatic heterocycles. The number of halogens is 1. The van der Waals surface area contributed by atoms with E-state index in [1.807, 2.05) is 0 Å². The van der Waals surface area contributed by atoms with Crippen LogP contribution in [0, 0.1) is 0 Å². The van der Waals surface area contributed by atoms with Gasteiger partial charge in [0.25, 0.3) is 5.91 Å². The Kier molecular flexibility index (Phi) is 6.19. The second-order valence-electron chi connectivity index (χ2n) is 5.36. The number of hydrogen-bond donors (Lipinski definition) is 2. The lowest BCUT2D eigenvalue weighted by Crippen LogP contribution is -2.32. The molecule has 0 aliphatic carbocycles. The Hall–Kier alpha value is -1.85. The molecule has 2 N–H and O–H groups in total. The number of aromatic nitrogens is 1. The van der Waals surface area contributed by atoms with E-state index < -0.39 is 0 Å². The topological polar surface area (TPSA) is 65.2 Å². The van der Waals surface area contributed by atoms with Gasteiger partial charge in [0.1, 0.15) is 5.56 Å². The lowest BCUT2D eigenvalue weighted by molar-refractivity contribution is 0.0950. The quantitative estimate of drug-likeness (QED) is 0.764. The highest BCUT2D eigenvalue weighted by atomic mass is 35.5. The van der Waals surface area contributed by atoms with Gasteiger partial charge in [0.15, 0.2) is 0 Å². The summed E-state index contributed by atoms with van der Waals surface area (Å²) < 4.78 is 0. The smallest absolute Gasteiger partial charge is 0.256 e. The molecule has 0 bridgehead atoms. The van der Waals surface area contributed by atoms with Gasteiger partial charge < -0.3 is 15.2 Å². The predicted molar refractivity (Wildman–Crippen MR) is 94.3 cm³/mol. The van der Waals surface area contributed by atoms with Gasteiger partial charge in [-0.25, -0.2) is 0 Å². The summed E-state index contributed by atoms with van der Waals surface area (Å²) in [5.74, 6) is -0.345. The summed E-state index contributed by atoms with van der Waals surface area (Å²) in [6.45, 7) is 7.70. The number of hydrogen-bond acceptors (Lipinski definition) is 3. The third kappa shape index (κ3) is 4.33. The molecule has 1 aromatic heterocycles. The largest absolute Gasteiger partial charge is 0.360 e. The van der Waals surface area contributed by atoms with Crippen molar-refractivity contribution >= 4 is 28.4 Å². The van der Waals surface area contributed by atoms with Crippen molar-refractivity contribution in [1.29, 1.82) is 0 Å². The zero-order valence-electron chi connectivity index (χ0n) is 13.5. The van der Waals surface area contributed by atoms with Gasteiger partial charge in [-0.05, 0) is 44.3 Å². The lowest BCUT2D eigenvalue weighted by atomic mass is 10.1. The fraction of sp³-hybridized carbons (Fsp3) is 0.412. The molecule has 0 unspecified atom stereocenters. The minimum atomic E-state index is -0.345. The van der Waals surface area contributed by atoms with Crippen LogP contribution < -0.4 is 10.7 Å². The Morgan fingerprint density at radius 2 is 2.04 bits per heavy atom. The Balaban J connectivity index is 2.03. The number of nitrogens with zero attached hydrogens (tertiary/aromatic N) is 1. The van der Waals surface area contributed by atoms with E-state index in [0.29, 0.717) is 22.5 Å². The molecule has 124 valence electrons. The normalized spacial score (nSPS) is 11.1. The number of carbonyl (C=O) groups is 1. The summed E-state index contributed by atoms with van der Waals surface area (Å²) in [4.78, 5) is 29.8. The second-order valence-corrected chi connectivity index (χ2v) is 5.79. The maximum atomic E-state index is 12.4. The Morgan fingerprint density at radius 1 is 1.30 bits per heavy atom. The first-order chi connectivity index (χ1) is 11.1. The first-order valence-electron chi connectivity index (χ1n) is 7.88. The van der Waals surface area contributed by atoms with Crippen molar-refractivity contribution in [2.45, 2.75) is 20.3 Å². The van der Waals surface area contributed by atoms with Crippen LogP contribution in [0.15, 0.2) is 29.2 Å². The average molecular weight is 336 g/mol. The number of carbonyl (C=O) groups excluding carboxylic acids is 1. The summed E-state index contributed by atoms with van der Waals surface area (Å²) in [6, 6.07) is 4.95. The molecule has 0 fully saturated rings. The van der Waals surface area contributed by atoms with Crippen molar-refractivity contribution in [3.63, 3.8) is 0 Å². The van der Waals surface area contributed by atoms with Crippen LogP contribution in [-0.2, 0) is 0 Å². The monoisotopic (exact) mass is 335 g/mol. The summed E-state index contributed by atoms with van der Waals surface area (Å²) in [6.07, 6.45) is 2.30. The summed E-state index contributed by atoms with van der Waals surface area (Å²) in [7, 11) is 0. The van der Waals surface area contributed by atoms with E-state index in [9.17, 15) is 9.59 Å². The Morgan fingerprint density at radius 3 is 2.74 bits per heavy atom. The van der Waals surface area contributed by atoms with Gasteiger partial charge in [-0.2, -0.15) is 0 Å². The second kappa shape index (κ2) is 8.13. The van der Waals surface area contributed by atoms with Crippen molar-refractivity contribution < 1.29 is 4.79 Å². The van der Waals surface area contributed by atoms with E-state index in [1.165, 1.54) is 6.20 Å². The molecule has 6 heteroatoms. The van der Waals surface area contributed by atoms with Gasteiger partial charge >= 0.3 is 0 Å². The van der Waals surface area contributed by atoms with Crippen LogP contribution in [0.4, 0.5) is 0 Å². The molecule has 0 atom stereocenters. The van der Waals surface area contributed by atoms with Crippen LogP contribution >= 0.6 is 11.6 Å². The first kappa shape index (κ1) is 17.5. The molecule has 2 rings (SSSR count). The Labute approximate surface area is 140 Å². The maximum Gasteiger partial charge on any atom is 0.256 e. The number of rotatable bonds is 7. The van der Waals surface area contributed by atoms with Gasteiger partial charge in [0.05, 0.1) is 5.52 Å². The number of nitrogens with one attached hydrogen (secondary N) is 2. The van der Waals surface area contributed by atoms with Crippen molar-refractivity contribution in [2.24, 2.45) is 0 Å². The number of amides is 1. The molecule has 0 saturated carbocycles. The predicted octanol–water partition coefficient (Wildman–Crippen LogP) is 2.64. The van der Waals surface area contributed by atoms with Gasteiger partial charge in [-0.15, -0.1) is 0 Å². The molecule has 0 aliphatic rings. The van der Waals surface area contributed by atoms with Gasteiger partial charge in [-0.1, -0.05) is 25.4 Å². The number of benzene rings is 1. The number of fused-ring (bicyclic) bond motifs is 1. The van der Waals surface area contributed by atoms with E-state index >= 15 is 0 Å². The standard InChI is InChI=1S/C17H22ClN3O2/c1-3-21(4-2)9-5-8-19-17(23)14-11-20-15-10-12(18)6-7-13(15)16(14)22/h6-7,10-11H,3-5,8-9H2,1-2H3,(H,19,23)(H,20,22). The van der Waals surface area contributed by atoms with E-state index in [-0.39, 0.29) is 16.9 Å². The molecule has 1 amide bonds. The van der Waals surface area contributed by atoms with Crippen molar-refractivity contribution in [1.82, 2.24) is 15.2 Å². The van der Waals surface area contributed by atoms with Crippen LogP contribution in [0.1, 0.15) is 30.6 Å². The SMILES string of the molecule is CCN(CC)CCCNC(=O)c1c[nH]c2cc(Cl)ccc2c1=O. The van der Waals surface area contributed by atoms with Crippen LogP contribution in [0.3, 0.4) is 0 Å².